The lowest BCUT2D eigenvalue weighted by molar-refractivity contribution is -0.127. The minimum Gasteiger partial charge on any atom is -0.444 e. The first kappa shape index (κ1) is 24.3. The van der Waals surface area contributed by atoms with E-state index in [-0.39, 0.29) is 24.6 Å². The van der Waals surface area contributed by atoms with E-state index in [1.807, 2.05) is 25.7 Å². The highest BCUT2D eigenvalue weighted by Crippen LogP contribution is 2.32. The number of piperidine rings is 1. The fourth-order valence-corrected chi connectivity index (χ4v) is 3.45. The van der Waals surface area contributed by atoms with E-state index in [9.17, 15) is 9.59 Å². The zero-order valence-corrected chi connectivity index (χ0v) is 19.7. The molecule has 8 heteroatoms. The summed E-state index contributed by atoms with van der Waals surface area (Å²) in [6.45, 7) is 11.2. The molecule has 0 radical (unpaired) electrons. The van der Waals surface area contributed by atoms with Crippen molar-refractivity contribution in [3.05, 3.63) is 0 Å². The molecule has 0 bridgehead atoms. The van der Waals surface area contributed by atoms with Gasteiger partial charge < -0.3 is 24.8 Å². The molecule has 1 saturated carbocycles. The number of nitrogens with one attached hydrogen (secondary N) is 1. The van der Waals surface area contributed by atoms with Crippen LogP contribution in [0.1, 0.15) is 59.8 Å². The quantitative estimate of drug-likeness (QED) is 0.503. The van der Waals surface area contributed by atoms with Crippen LogP contribution < -0.4 is 5.32 Å². The van der Waals surface area contributed by atoms with Gasteiger partial charge in [-0.05, 0) is 58.8 Å². The Bertz CT molecular complexity index is 602. The summed E-state index contributed by atoms with van der Waals surface area (Å²) in [5, 5.41) is 3.37. The highest BCUT2D eigenvalue weighted by Gasteiger charge is 2.35. The average molecular weight is 424 g/mol. The molecular weight excluding hydrogens is 382 g/mol. The van der Waals surface area contributed by atoms with Crippen molar-refractivity contribution in [2.75, 3.05) is 46.8 Å². The standard InChI is InChI=1S/C22H41N5O3/c1-7-12-23-20(24-15-19(28)25(5)6)26-13-10-18(11-14-26)27(16-17-8-9-17)21(29)30-22(2,3)4/h17-18H,7-16H2,1-6H3,(H,23,24). The molecule has 0 spiro atoms. The lowest BCUT2D eigenvalue weighted by Crippen LogP contribution is -2.52. The van der Waals surface area contributed by atoms with Crippen LogP contribution in [0, 0.1) is 5.92 Å². The van der Waals surface area contributed by atoms with Crippen molar-refractivity contribution in [3.8, 4) is 0 Å². The number of nitrogens with zero attached hydrogens (tertiary/aromatic N) is 4. The molecule has 0 atom stereocenters. The molecule has 0 aromatic heterocycles. The number of ether oxygens (including phenoxy) is 1. The van der Waals surface area contributed by atoms with Gasteiger partial charge in [0.05, 0.1) is 0 Å². The van der Waals surface area contributed by atoms with Gasteiger partial charge in [0.15, 0.2) is 5.96 Å². The molecular formula is C22H41N5O3. The van der Waals surface area contributed by atoms with Crippen LogP contribution in [0.25, 0.3) is 0 Å². The summed E-state index contributed by atoms with van der Waals surface area (Å²) in [6.07, 6.45) is 4.96. The van der Waals surface area contributed by atoms with E-state index in [4.69, 9.17) is 4.74 Å². The predicted molar refractivity (Wildman–Crippen MR) is 120 cm³/mol. The van der Waals surface area contributed by atoms with Crippen molar-refractivity contribution in [1.29, 1.82) is 0 Å². The second-order valence-electron chi connectivity index (χ2n) is 9.65. The fourth-order valence-electron chi connectivity index (χ4n) is 3.45. The number of rotatable bonds is 7. The number of carbonyl (C=O) groups is 2. The zero-order valence-electron chi connectivity index (χ0n) is 19.7. The van der Waals surface area contributed by atoms with Gasteiger partial charge in [-0.3, -0.25) is 4.79 Å². The van der Waals surface area contributed by atoms with Gasteiger partial charge >= 0.3 is 6.09 Å². The summed E-state index contributed by atoms with van der Waals surface area (Å²) in [4.78, 5) is 35.1. The second-order valence-corrected chi connectivity index (χ2v) is 9.65. The van der Waals surface area contributed by atoms with Gasteiger partial charge in [-0.15, -0.1) is 0 Å². The van der Waals surface area contributed by atoms with E-state index >= 15 is 0 Å². The Balaban J connectivity index is 1.99. The van der Waals surface area contributed by atoms with Crippen molar-refractivity contribution >= 4 is 18.0 Å². The van der Waals surface area contributed by atoms with E-state index in [1.54, 1.807) is 19.0 Å². The number of likely N-dealkylation sites (N-methyl/N-ethyl adjacent to an activating group) is 1. The highest BCUT2D eigenvalue weighted by atomic mass is 16.6. The Morgan fingerprint density at radius 3 is 2.27 bits per heavy atom. The molecule has 1 N–H and O–H groups in total. The minimum atomic E-state index is -0.484. The molecule has 1 saturated heterocycles. The number of hydrogen-bond acceptors (Lipinski definition) is 4. The Hall–Kier alpha value is -1.99. The van der Waals surface area contributed by atoms with Crippen molar-refractivity contribution in [1.82, 2.24) is 20.0 Å². The minimum absolute atomic E-state index is 0.0128. The summed E-state index contributed by atoms with van der Waals surface area (Å²) in [5.74, 6) is 1.40. The largest absolute Gasteiger partial charge is 0.444 e. The van der Waals surface area contributed by atoms with Gasteiger partial charge in [0, 0.05) is 46.3 Å². The molecule has 2 rings (SSSR count). The van der Waals surface area contributed by atoms with Gasteiger partial charge in [-0.1, -0.05) is 6.92 Å². The predicted octanol–water partition coefficient (Wildman–Crippen LogP) is 2.54. The molecule has 0 aromatic rings. The fraction of sp³-hybridized carbons (Fsp3) is 0.864. The van der Waals surface area contributed by atoms with E-state index in [0.717, 1.165) is 51.4 Å². The maximum absolute atomic E-state index is 12.8. The molecule has 8 nitrogen and oxygen atoms in total. The van der Waals surface area contributed by atoms with E-state index in [1.165, 1.54) is 12.8 Å². The van der Waals surface area contributed by atoms with Crippen molar-refractivity contribution in [2.24, 2.45) is 10.9 Å². The van der Waals surface area contributed by atoms with E-state index < -0.39 is 5.60 Å². The summed E-state index contributed by atoms with van der Waals surface area (Å²) >= 11 is 0. The lowest BCUT2D eigenvalue weighted by atomic mass is 10.0. The molecule has 0 unspecified atom stereocenters. The molecule has 1 heterocycles. The lowest BCUT2D eigenvalue weighted by Gasteiger charge is -2.40. The van der Waals surface area contributed by atoms with Crippen LogP contribution in [0.2, 0.25) is 0 Å². The number of amides is 2. The van der Waals surface area contributed by atoms with Gasteiger partial charge in [-0.2, -0.15) is 0 Å². The van der Waals surface area contributed by atoms with Crippen molar-refractivity contribution < 1.29 is 14.3 Å². The van der Waals surface area contributed by atoms with Crippen LogP contribution in [-0.4, -0.2) is 91.1 Å². The molecule has 1 aliphatic heterocycles. The molecule has 2 fully saturated rings. The number of likely N-dealkylation sites (tertiary alicyclic amines) is 1. The van der Waals surface area contributed by atoms with Gasteiger partial charge in [-0.25, -0.2) is 9.79 Å². The monoisotopic (exact) mass is 423 g/mol. The summed E-state index contributed by atoms with van der Waals surface area (Å²) in [6, 6.07) is 0.188. The third-order valence-electron chi connectivity index (χ3n) is 5.38. The van der Waals surface area contributed by atoms with Gasteiger partial charge in [0.1, 0.15) is 12.1 Å². The van der Waals surface area contributed by atoms with Crippen LogP contribution in [0.3, 0.4) is 0 Å². The first-order chi connectivity index (χ1) is 14.1. The summed E-state index contributed by atoms with van der Waals surface area (Å²) in [7, 11) is 3.49. The topological polar surface area (TPSA) is 77.5 Å². The van der Waals surface area contributed by atoms with E-state index in [2.05, 4.69) is 22.1 Å². The Kier molecular flexibility index (Phi) is 8.79. The van der Waals surface area contributed by atoms with Crippen LogP contribution in [0.5, 0.6) is 0 Å². The highest BCUT2D eigenvalue weighted by molar-refractivity contribution is 5.85. The maximum atomic E-state index is 12.8. The molecule has 172 valence electrons. The van der Waals surface area contributed by atoms with Crippen LogP contribution >= 0.6 is 0 Å². The summed E-state index contributed by atoms with van der Waals surface area (Å²) in [5.41, 5.74) is -0.484. The molecule has 2 aliphatic rings. The number of guanidine groups is 1. The third-order valence-corrected chi connectivity index (χ3v) is 5.38. The van der Waals surface area contributed by atoms with Crippen LogP contribution in [-0.2, 0) is 9.53 Å². The molecule has 1 aliphatic carbocycles. The number of hydrogen-bond donors (Lipinski definition) is 1. The van der Waals surface area contributed by atoms with Crippen LogP contribution in [0.15, 0.2) is 4.99 Å². The van der Waals surface area contributed by atoms with Crippen molar-refractivity contribution in [3.63, 3.8) is 0 Å². The third kappa shape index (κ3) is 8.03. The SMILES string of the molecule is CCCNC(=NCC(=O)N(C)C)N1CCC(N(CC2CC2)C(=O)OC(C)(C)C)CC1. The summed E-state index contributed by atoms with van der Waals surface area (Å²) < 4.78 is 5.69. The van der Waals surface area contributed by atoms with E-state index in [0.29, 0.717) is 5.92 Å². The first-order valence-corrected chi connectivity index (χ1v) is 11.3. The zero-order chi connectivity index (χ0) is 22.3. The Labute approximate surface area is 182 Å². The normalized spacial score (nSPS) is 18.2. The maximum Gasteiger partial charge on any atom is 0.410 e. The second kappa shape index (κ2) is 10.9. The van der Waals surface area contributed by atoms with Gasteiger partial charge in [0.2, 0.25) is 5.91 Å². The molecule has 30 heavy (non-hydrogen) atoms. The molecule has 2 amide bonds. The van der Waals surface area contributed by atoms with Gasteiger partial charge in [0.25, 0.3) is 0 Å². The van der Waals surface area contributed by atoms with Crippen LogP contribution in [0.4, 0.5) is 4.79 Å². The number of carbonyl (C=O) groups excluding carboxylic acids is 2. The Morgan fingerprint density at radius 2 is 1.77 bits per heavy atom. The van der Waals surface area contributed by atoms with Crippen molar-refractivity contribution in [2.45, 2.75) is 71.4 Å². The molecule has 0 aromatic carbocycles. The average Bonchev–Trinajstić information content (AvgIpc) is 3.49. The number of aliphatic imine (C=N–C) groups is 1. The Morgan fingerprint density at radius 1 is 1.13 bits per heavy atom. The smallest absolute Gasteiger partial charge is 0.410 e. The first-order valence-electron chi connectivity index (χ1n) is 11.3.